The summed E-state index contributed by atoms with van der Waals surface area (Å²) in [4.78, 5) is 16.8. The zero-order valence-electron chi connectivity index (χ0n) is 14.3. The molecule has 1 N–H and O–H groups in total. The smallest absolute Gasteiger partial charge is 0.255 e. The molecule has 0 fully saturated rings. The molecule has 0 bridgehead atoms. The Balaban J connectivity index is 1.56. The predicted molar refractivity (Wildman–Crippen MR) is 101 cm³/mol. The van der Waals surface area contributed by atoms with Crippen LogP contribution in [0.3, 0.4) is 0 Å². The summed E-state index contributed by atoms with van der Waals surface area (Å²) in [5.41, 5.74) is 3.86. The van der Waals surface area contributed by atoms with Crippen molar-refractivity contribution in [2.75, 3.05) is 13.7 Å². The number of methoxy groups -OCH3 is 1. The van der Waals surface area contributed by atoms with Crippen LogP contribution in [0.5, 0.6) is 5.75 Å². The third kappa shape index (κ3) is 4.25. The molecule has 1 aromatic heterocycles. The Morgan fingerprint density at radius 2 is 1.92 bits per heavy atom. The van der Waals surface area contributed by atoms with Crippen molar-refractivity contribution in [2.24, 2.45) is 0 Å². The quantitative estimate of drug-likeness (QED) is 0.727. The standard InChI is InChI=1S/C20H20N2O2S/c1-14-22-18(13-25-14)16-9-7-15(8-10-16)11-12-21-20(23)17-5-3-4-6-19(17)24-2/h3-10,13H,11-12H2,1-2H3,(H,21,23). The minimum atomic E-state index is -0.119. The van der Waals surface area contributed by atoms with Crippen molar-refractivity contribution < 1.29 is 9.53 Å². The summed E-state index contributed by atoms with van der Waals surface area (Å²) in [6.45, 7) is 2.58. The van der Waals surface area contributed by atoms with Crippen LogP contribution in [0.1, 0.15) is 20.9 Å². The molecule has 2 aromatic carbocycles. The first kappa shape index (κ1) is 17.2. The lowest BCUT2D eigenvalue weighted by molar-refractivity contribution is 0.0951. The van der Waals surface area contributed by atoms with Crippen LogP contribution in [-0.4, -0.2) is 24.5 Å². The molecule has 0 radical (unpaired) electrons. The van der Waals surface area contributed by atoms with Gasteiger partial charge in [0, 0.05) is 17.5 Å². The van der Waals surface area contributed by atoms with Crippen LogP contribution >= 0.6 is 11.3 Å². The molecule has 3 aromatic rings. The van der Waals surface area contributed by atoms with E-state index in [1.165, 1.54) is 5.56 Å². The molecule has 0 saturated heterocycles. The van der Waals surface area contributed by atoms with E-state index < -0.39 is 0 Å². The summed E-state index contributed by atoms with van der Waals surface area (Å²) in [5, 5.41) is 6.08. The Morgan fingerprint density at radius 1 is 1.16 bits per heavy atom. The predicted octanol–water partition coefficient (Wildman–Crippen LogP) is 4.10. The van der Waals surface area contributed by atoms with Gasteiger partial charge in [-0.25, -0.2) is 4.98 Å². The molecule has 3 rings (SSSR count). The van der Waals surface area contributed by atoms with Gasteiger partial charge in [-0.3, -0.25) is 4.79 Å². The number of thiazole rings is 1. The Labute approximate surface area is 151 Å². The van der Waals surface area contributed by atoms with Crippen molar-refractivity contribution in [3.05, 3.63) is 70.0 Å². The van der Waals surface area contributed by atoms with E-state index >= 15 is 0 Å². The van der Waals surface area contributed by atoms with Gasteiger partial charge >= 0.3 is 0 Å². The number of benzene rings is 2. The number of amides is 1. The maximum Gasteiger partial charge on any atom is 0.255 e. The number of aryl methyl sites for hydroxylation is 1. The number of hydrogen-bond acceptors (Lipinski definition) is 4. The molecular formula is C20H20N2O2S. The average molecular weight is 352 g/mol. The molecule has 0 saturated carbocycles. The molecule has 0 atom stereocenters. The minimum Gasteiger partial charge on any atom is -0.496 e. The number of nitrogens with zero attached hydrogens (tertiary/aromatic N) is 1. The largest absolute Gasteiger partial charge is 0.496 e. The van der Waals surface area contributed by atoms with E-state index in [1.807, 2.05) is 19.1 Å². The molecule has 128 valence electrons. The summed E-state index contributed by atoms with van der Waals surface area (Å²) in [7, 11) is 1.57. The summed E-state index contributed by atoms with van der Waals surface area (Å²) >= 11 is 1.65. The molecule has 25 heavy (non-hydrogen) atoms. The molecule has 0 unspecified atom stereocenters. The number of rotatable bonds is 6. The fourth-order valence-corrected chi connectivity index (χ4v) is 3.21. The second-order valence-corrected chi connectivity index (χ2v) is 6.72. The highest BCUT2D eigenvalue weighted by Gasteiger charge is 2.10. The normalized spacial score (nSPS) is 10.5. The SMILES string of the molecule is COc1ccccc1C(=O)NCCc1ccc(-c2csc(C)n2)cc1. The summed E-state index contributed by atoms with van der Waals surface area (Å²) in [6, 6.07) is 15.5. The number of ether oxygens (including phenoxy) is 1. The van der Waals surface area contributed by atoms with Gasteiger partial charge in [0.15, 0.2) is 0 Å². The molecule has 0 aliphatic heterocycles. The molecule has 0 aliphatic rings. The highest BCUT2D eigenvalue weighted by Crippen LogP contribution is 2.22. The molecule has 1 amide bonds. The van der Waals surface area contributed by atoms with Crippen molar-refractivity contribution >= 4 is 17.2 Å². The molecular weight excluding hydrogens is 332 g/mol. The van der Waals surface area contributed by atoms with Crippen LogP contribution in [0.25, 0.3) is 11.3 Å². The first-order valence-electron chi connectivity index (χ1n) is 8.10. The number of nitrogens with one attached hydrogen (secondary N) is 1. The van der Waals surface area contributed by atoms with Gasteiger partial charge < -0.3 is 10.1 Å². The number of hydrogen-bond donors (Lipinski definition) is 1. The third-order valence-electron chi connectivity index (χ3n) is 3.92. The first-order chi connectivity index (χ1) is 12.2. The van der Waals surface area contributed by atoms with E-state index in [9.17, 15) is 4.79 Å². The van der Waals surface area contributed by atoms with Crippen molar-refractivity contribution in [3.63, 3.8) is 0 Å². The highest BCUT2D eigenvalue weighted by molar-refractivity contribution is 7.09. The molecule has 4 nitrogen and oxygen atoms in total. The van der Waals surface area contributed by atoms with E-state index in [-0.39, 0.29) is 5.91 Å². The number of aromatic nitrogens is 1. The summed E-state index contributed by atoms with van der Waals surface area (Å²) < 4.78 is 5.22. The molecule has 0 aliphatic carbocycles. The lowest BCUT2D eigenvalue weighted by Gasteiger charge is -2.09. The topological polar surface area (TPSA) is 51.2 Å². The van der Waals surface area contributed by atoms with Crippen LogP contribution in [0.2, 0.25) is 0 Å². The maximum absolute atomic E-state index is 12.3. The summed E-state index contributed by atoms with van der Waals surface area (Å²) in [5.74, 6) is 0.468. The first-order valence-corrected chi connectivity index (χ1v) is 8.98. The Kier molecular flexibility index (Phi) is 5.46. The number of para-hydroxylation sites is 1. The van der Waals surface area contributed by atoms with Gasteiger partial charge in [-0.2, -0.15) is 0 Å². The van der Waals surface area contributed by atoms with Crippen molar-refractivity contribution in [1.29, 1.82) is 0 Å². The van der Waals surface area contributed by atoms with Crippen LogP contribution in [-0.2, 0) is 6.42 Å². The average Bonchev–Trinajstić information content (AvgIpc) is 3.08. The van der Waals surface area contributed by atoms with Crippen LogP contribution < -0.4 is 10.1 Å². The van der Waals surface area contributed by atoms with Gasteiger partial charge in [0.05, 0.1) is 23.4 Å². The number of carbonyl (C=O) groups excluding carboxylic acids is 1. The van der Waals surface area contributed by atoms with Gasteiger partial charge in [-0.05, 0) is 31.0 Å². The second kappa shape index (κ2) is 7.94. The Bertz CT molecular complexity index is 856. The molecule has 1 heterocycles. The van der Waals surface area contributed by atoms with E-state index in [2.05, 4.69) is 39.9 Å². The van der Waals surface area contributed by atoms with Gasteiger partial charge in [0.2, 0.25) is 0 Å². The molecule has 5 heteroatoms. The highest BCUT2D eigenvalue weighted by atomic mass is 32.1. The van der Waals surface area contributed by atoms with Crippen LogP contribution in [0, 0.1) is 6.92 Å². The lowest BCUT2D eigenvalue weighted by Crippen LogP contribution is -2.26. The fraction of sp³-hybridized carbons (Fsp3) is 0.200. The van der Waals surface area contributed by atoms with Gasteiger partial charge in [0.25, 0.3) is 5.91 Å². The molecule has 0 spiro atoms. The Morgan fingerprint density at radius 3 is 2.60 bits per heavy atom. The number of carbonyl (C=O) groups is 1. The van der Waals surface area contributed by atoms with E-state index in [0.717, 1.165) is 22.7 Å². The van der Waals surface area contributed by atoms with Gasteiger partial charge in [0.1, 0.15) is 5.75 Å². The monoisotopic (exact) mass is 352 g/mol. The van der Waals surface area contributed by atoms with Crippen LogP contribution in [0.15, 0.2) is 53.9 Å². The van der Waals surface area contributed by atoms with Crippen molar-refractivity contribution in [1.82, 2.24) is 10.3 Å². The fourth-order valence-electron chi connectivity index (χ4n) is 2.59. The van der Waals surface area contributed by atoms with Crippen molar-refractivity contribution in [2.45, 2.75) is 13.3 Å². The van der Waals surface area contributed by atoms with E-state index in [4.69, 9.17) is 4.74 Å². The Hall–Kier alpha value is -2.66. The zero-order chi connectivity index (χ0) is 17.6. The zero-order valence-corrected chi connectivity index (χ0v) is 15.1. The van der Waals surface area contributed by atoms with E-state index in [1.54, 1.807) is 30.6 Å². The van der Waals surface area contributed by atoms with Gasteiger partial charge in [-0.1, -0.05) is 36.4 Å². The third-order valence-corrected chi connectivity index (χ3v) is 4.69. The van der Waals surface area contributed by atoms with Gasteiger partial charge in [-0.15, -0.1) is 11.3 Å². The van der Waals surface area contributed by atoms with E-state index in [0.29, 0.717) is 17.9 Å². The summed E-state index contributed by atoms with van der Waals surface area (Å²) in [6.07, 6.45) is 0.775. The van der Waals surface area contributed by atoms with Crippen molar-refractivity contribution in [3.8, 4) is 17.0 Å². The maximum atomic E-state index is 12.3. The second-order valence-electron chi connectivity index (χ2n) is 5.65. The minimum absolute atomic E-state index is 0.119. The lowest BCUT2D eigenvalue weighted by atomic mass is 10.1. The van der Waals surface area contributed by atoms with Crippen LogP contribution in [0.4, 0.5) is 0 Å².